The van der Waals surface area contributed by atoms with Crippen LogP contribution in [-0.2, 0) is 4.74 Å². The number of fused-ring (bicyclic) bond motifs is 1. The van der Waals surface area contributed by atoms with Gasteiger partial charge in [0.1, 0.15) is 0 Å². The zero-order valence-corrected chi connectivity index (χ0v) is 16.2. The zero-order valence-electron chi connectivity index (χ0n) is 16.2. The number of esters is 1. The maximum absolute atomic E-state index is 12.6. The zero-order chi connectivity index (χ0) is 20.1. The van der Waals surface area contributed by atoms with E-state index in [0.29, 0.717) is 29.2 Å². The number of H-pyrrole nitrogens is 1. The Morgan fingerprint density at radius 1 is 1.07 bits per heavy atom. The van der Waals surface area contributed by atoms with Gasteiger partial charge in [-0.05, 0) is 37.6 Å². The molecule has 0 spiro atoms. The van der Waals surface area contributed by atoms with Gasteiger partial charge in [0, 0.05) is 22.2 Å². The van der Waals surface area contributed by atoms with Gasteiger partial charge in [0.2, 0.25) is 5.78 Å². The highest BCUT2D eigenvalue weighted by Crippen LogP contribution is 2.28. The summed E-state index contributed by atoms with van der Waals surface area (Å²) in [5.41, 5.74) is 2.47. The minimum Gasteiger partial charge on any atom is -0.493 e. The van der Waals surface area contributed by atoms with Crippen molar-refractivity contribution in [3.63, 3.8) is 0 Å². The van der Waals surface area contributed by atoms with Crippen LogP contribution in [0.15, 0.2) is 42.5 Å². The van der Waals surface area contributed by atoms with Crippen molar-refractivity contribution < 1.29 is 23.8 Å². The Hall–Kier alpha value is -3.28. The van der Waals surface area contributed by atoms with Gasteiger partial charge in [-0.25, -0.2) is 4.79 Å². The summed E-state index contributed by atoms with van der Waals surface area (Å²) < 4.78 is 16.1. The van der Waals surface area contributed by atoms with Gasteiger partial charge in [-0.15, -0.1) is 0 Å². The fourth-order valence-electron chi connectivity index (χ4n) is 3.05. The maximum atomic E-state index is 12.6. The molecule has 2 aromatic carbocycles. The minimum atomic E-state index is -0.591. The molecule has 28 heavy (non-hydrogen) atoms. The van der Waals surface area contributed by atoms with Gasteiger partial charge in [-0.2, -0.15) is 0 Å². The molecule has 0 aliphatic heterocycles. The van der Waals surface area contributed by atoms with E-state index in [2.05, 4.69) is 4.98 Å². The van der Waals surface area contributed by atoms with Gasteiger partial charge >= 0.3 is 5.97 Å². The molecule has 3 rings (SSSR count). The number of para-hydroxylation sites is 1. The van der Waals surface area contributed by atoms with E-state index in [4.69, 9.17) is 14.2 Å². The first-order valence-corrected chi connectivity index (χ1v) is 9.13. The van der Waals surface area contributed by atoms with Crippen LogP contribution < -0.4 is 9.47 Å². The molecule has 0 amide bonds. The molecule has 6 nitrogen and oxygen atoms in total. The molecular formula is C22H23NO5. The topological polar surface area (TPSA) is 77.6 Å². The van der Waals surface area contributed by atoms with Crippen LogP contribution in [0.2, 0.25) is 0 Å². The van der Waals surface area contributed by atoms with E-state index in [1.54, 1.807) is 18.2 Å². The fourth-order valence-corrected chi connectivity index (χ4v) is 3.05. The highest BCUT2D eigenvalue weighted by atomic mass is 16.5. The number of aryl methyl sites for hydroxylation is 1. The van der Waals surface area contributed by atoms with Crippen LogP contribution >= 0.6 is 0 Å². The molecule has 1 N–H and O–H groups in total. The number of aromatic nitrogens is 1. The predicted octanol–water partition coefficient (Wildman–Crippen LogP) is 4.31. The van der Waals surface area contributed by atoms with Gasteiger partial charge in [-0.3, -0.25) is 4.79 Å². The quantitative estimate of drug-likeness (QED) is 0.465. The molecule has 0 aliphatic rings. The maximum Gasteiger partial charge on any atom is 0.338 e. The van der Waals surface area contributed by atoms with Crippen molar-refractivity contribution in [2.45, 2.75) is 20.3 Å². The van der Waals surface area contributed by atoms with E-state index in [9.17, 15) is 9.59 Å². The lowest BCUT2D eigenvalue weighted by molar-refractivity contribution is 0.0474. The summed E-state index contributed by atoms with van der Waals surface area (Å²) in [7, 11) is 1.51. The van der Waals surface area contributed by atoms with Gasteiger partial charge in [0.05, 0.1) is 19.3 Å². The third-order valence-corrected chi connectivity index (χ3v) is 4.37. The third-order valence-electron chi connectivity index (χ3n) is 4.37. The standard InChI is InChI=1S/C22H23NO5/c1-4-11-27-19-10-9-15(12-20(19)26-3)22(25)28-13-18(24)21-14(2)23-17-8-6-5-7-16(17)21/h5-10,12,23H,4,11,13H2,1-3H3. The average molecular weight is 381 g/mol. The Kier molecular flexibility index (Phi) is 5.99. The Labute approximate surface area is 163 Å². The number of benzene rings is 2. The molecule has 0 radical (unpaired) electrons. The van der Waals surface area contributed by atoms with Crippen LogP contribution in [0.1, 0.15) is 39.8 Å². The van der Waals surface area contributed by atoms with E-state index in [1.807, 2.05) is 38.1 Å². The predicted molar refractivity (Wildman–Crippen MR) is 106 cm³/mol. The van der Waals surface area contributed by atoms with Crippen molar-refractivity contribution in [1.29, 1.82) is 0 Å². The molecule has 0 bridgehead atoms. The number of nitrogens with one attached hydrogen (secondary N) is 1. The van der Waals surface area contributed by atoms with Crippen LogP contribution in [-0.4, -0.2) is 37.1 Å². The number of hydrogen-bond donors (Lipinski definition) is 1. The second-order valence-corrected chi connectivity index (χ2v) is 6.38. The first kappa shape index (κ1) is 19.5. The normalized spacial score (nSPS) is 10.7. The molecule has 146 valence electrons. The molecule has 1 aromatic heterocycles. The van der Waals surface area contributed by atoms with Crippen molar-refractivity contribution in [2.75, 3.05) is 20.3 Å². The molecule has 6 heteroatoms. The Bertz CT molecular complexity index is 1010. The van der Waals surface area contributed by atoms with Gasteiger partial charge in [0.15, 0.2) is 18.1 Å². The second kappa shape index (κ2) is 8.61. The number of aromatic amines is 1. The largest absolute Gasteiger partial charge is 0.493 e. The van der Waals surface area contributed by atoms with Gasteiger partial charge < -0.3 is 19.2 Å². The molecule has 0 saturated carbocycles. The summed E-state index contributed by atoms with van der Waals surface area (Å²) in [6, 6.07) is 12.3. The van der Waals surface area contributed by atoms with E-state index in [-0.39, 0.29) is 12.4 Å². The lowest BCUT2D eigenvalue weighted by atomic mass is 10.1. The lowest BCUT2D eigenvalue weighted by Gasteiger charge is -2.11. The molecular weight excluding hydrogens is 358 g/mol. The SMILES string of the molecule is CCCOc1ccc(C(=O)OCC(=O)c2c(C)[nH]c3ccccc23)cc1OC. The number of Topliss-reactive ketones (excluding diaryl/α,β-unsaturated/α-hetero) is 1. The highest BCUT2D eigenvalue weighted by Gasteiger charge is 2.19. The summed E-state index contributed by atoms with van der Waals surface area (Å²) in [6.45, 7) is 4.05. The molecule has 0 fully saturated rings. The van der Waals surface area contributed by atoms with E-state index in [0.717, 1.165) is 23.0 Å². The molecule has 0 aliphatic carbocycles. The third kappa shape index (κ3) is 4.01. The highest BCUT2D eigenvalue weighted by molar-refractivity contribution is 6.10. The molecule has 3 aromatic rings. The molecule has 1 heterocycles. The summed E-state index contributed by atoms with van der Waals surface area (Å²) in [5, 5.41) is 0.820. The van der Waals surface area contributed by atoms with Crippen molar-refractivity contribution in [3.05, 3.63) is 59.3 Å². The van der Waals surface area contributed by atoms with E-state index >= 15 is 0 Å². The number of rotatable bonds is 8. The van der Waals surface area contributed by atoms with Crippen LogP contribution in [0.4, 0.5) is 0 Å². The van der Waals surface area contributed by atoms with Crippen molar-refractivity contribution in [1.82, 2.24) is 4.98 Å². The van der Waals surface area contributed by atoms with Gasteiger partial charge in [0.25, 0.3) is 0 Å². The smallest absolute Gasteiger partial charge is 0.338 e. The number of ether oxygens (including phenoxy) is 3. The summed E-state index contributed by atoms with van der Waals surface area (Å²) in [4.78, 5) is 28.2. The summed E-state index contributed by atoms with van der Waals surface area (Å²) >= 11 is 0. The minimum absolute atomic E-state index is 0.252. The summed E-state index contributed by atoms with van der Waals surface area (Å²) in [6.07, 6.45) is 0.863. The van der Waals surface area contributed by atoms with Crippen LogP contribution in [0.3, 0.4) is 0 Å². The number of methoxy groups -OCH3 is 1. The number of hydrogen-bond acceptors (Lipinski definition) is 5. The van der Waals surface area contributed by atoms with E-state index < -0.39 is 5.97 Å². The second-order valence-electron chi connectivity index (χ2n) is 6.38. The fraction of sp³-hybridized carbons (Fsp3) is 0.273. The monoisotopic (exact) mass is 381 g/mol. The Morgan fingerprint density at radius 3 is 2.61 bits per heavy atom. The summed E-state index contributed by atoms with van der Waals surface area (Å²) in [5.74, 6) is 0.164. The average Bonchev–Trinajstić information content (AvgIpc) is 3.05. The first-order valence-electron chi connectivity index (χ1n) is 9.13. The van der Waals surface area contributed by atoms with Gasteiger partial charge in [-0.1, -0.05) is 25.1 Å². The van der Waals surface area contributed by atoms with Crippen molar-refractivity contribution >= 4 is 22.7 Å². The Morgan fingerprint density at radius 2 is 1.86 bits per heavy atom. The Balaban J connectivity index is 1.71. The van der Waals surface area contributed by atoms with Crippen molar-refractivity contribution in [2.24, 2.45) is 0 Å². The molecule has 0 atom stereocenters. The van der Waals surface area contributed by atoms with E-state index in [1.165, 1.54) is 7.11 Å². The number of carbonyl (C=O) groups is 2. The number of ketones is 1. The molecule has 0 saturated heterocycles. The molecule has 0 unspecified atom stereocenters. The van der Waals surface area contributed by atoms with Crippen LogP contribution in [0.5, 0.6) is 11.5 Å². The lowest BCUT2D eigenvalue weighted by Crippen LogP contribution is -2.15. The first-order chi connectivity index (χ1) is 13.5. The van der Waals surface area contributed by atoms with Crippen molar-refractivity contribution in [3.8, 4) is 11.5 Å². The number of carbonyl (C=O) groups excluding carboxylic acids is 2. The van der Waals surface area contributed by atoms with Crippen LogP contribution in [0, 0.1) is 6.92 Å². The van der Waals surface area contributed by atoms with Crippen LogP contribution in [0.25, 0.3) is 10.9 Å².